The molecule has 1 unspecified atom stereocenters. The van der Waals surface area contributed by atoms with E-state index in [9.17, 15) is 5.11 Å². The van der Waals surface area contributed by atoms with Gasteiger partial charge in [0, 0.05) is 18.7 Å². The molecule has 1 aliphatic rings. The van der Waals surface area contributed by atoms with Crippen molar-refractivity contribution in [3.8, 4) is 11.4 Å². The van der Waals surface area contributed by atoms with E-state index < -0.39 is 6.10 Å². The Morgan fingerprint density at radius 2 is 1.81 bits per heavy atom. The molecule has 0 radical (unpaired) electrons. The van der Waals surface area contributed by atoms with Crippen LogP contribution in [-0.2, 0) is 0 Å². The topological polar surface area (TPSA) is 78.6 Å². The molecule has 1 aliphatic heterocycles. The monoisotopic (exact) mass is 352 g/mol. The SMILES string of the molecule is OC(CNc1ccc2nnc(-c3ccccc3)n2n1)CN1CCCCC1. The number of aliphatic hydroxyl groups excluding tert-OH is 1. The van der Waals surface area contributed by atoms with Crippen LogP contribution in [0.4, 0.5) is 5.82 Å². The molecule has 3 heterocycles. The quantitative estimate of drug-likeness (QED) is 0.707. The zero-order chi connectivity index (χ0) is 17.8. The molecular formula is C19H24N6O. The third-order valence-corrected chi connectivity index (χ3v) is 4.73. The van der Waals surface area contributed by atoms with E-state index in [1.807, 2.05) is 42.5 Å². The van der Waals surface area contributed by atoms with Gasteiger partial charge in [0.2, 0.25) is 0 Å². The molecule has 4 rings (SSSR count). The van der Waals surface area contributed by atoms with Crippen molar-refractivity contribution in [2.24, 2.45) is 0 Å². The number of aromatic nitrogens is 4. The van der Waals surface area contributed by atoms with E-state index in [4.69, 9.17) is 0 Å². The van der Waals surface area contributed by atoms with Crippen LogP contribution in [0, 0.1) is 0 Å². The van der Waals surface area contributed by atoms with Crippen LogP contribution in [0.1, 0.15) is 19.3 Å². The van der Waals surface area contributed by atoms with E-state index in [0.29, 0.717) is 30.4 Å². The smallest absolute Gasteiger partial charge is 0.185 e. The zero-order valence-electron chi connectivity index (χ0n) is 14.8. The van der Waals surface area contributed by atoms with Gasteiger partial charge < -0.3 is 15.3 Å². The maximum atomic E-state index is 10.3. The first-order valence-electron chi connectivity index (χ1n) is 9.22. The van der Waals surface area contributed by atoms with E-state index >= 15 is 0 Å². The van der Waals surface area contributed by atoms with Crippen LogP contribution in [-0.4, -0.2) is 62.1 Å². The standard InChI is InChI=1S/C19H24N6O/c26-16(14-24-11-5-2-6-12-24)13-20-17-9-10-18-21-22-19(25(18)23-17)15-7-3-1-4-8-15/h1,3-4,7-10,16,26H,2,5-6,11-14H2,(H,20,23). The van der Waals surface area contributed by atoms with Crippen molar-refractivity contribution in [1.82, 2.24) is 24.7 Å². The summed E-state index contributed by atoms with van der Waals surface area (Å²) in [7, 11) is 0. The maximum Gasteiger partial charge on any atom is 0.185 e. The minimum absolute atomic E-state index is 0.417. The van der Waals surface area contributed by atoms with Crippen LogP contribution >= 0.6 is 0 Å². The van der Waals surface area contributed by atoms with Crippen LogP contribution in [0.2, 0.25) is 0 Å². The van der Waals surface area contributed by atoms with Gasteiger partial charge in [-0.05, 0) is 38.1 Å². The number of nitrogens with one attached hydrogen (secondary N) is 1. The molecule has 26 heavy (non-hydrogen) atoms. The summed E-state index contributed by atoms with van der Waals surface area (Å²) in [6.45, 7) is 3.35. The number of nitrogens with zero attached hydrogens (tertiary/aromatic N) is 5. The van der Waals surface area contributed by atoms with E-state index in [2.05, 4.69) is 25.5 Å². The number of fused-ring (bicyclic) bond motifs is 1. The highest BCUT2D eigenvalue weighted by molar-refractivity contribution is 5.59. The van der Waals surface area contributed by atoms with Crippen molar-refractivity contribution >= 4 is 11.5 Å². The molecule has 1 fully saturated rings. The molecule has 136 valence electrons. The molecule has 0 bridgehead atoms. The lowest BCUT2D eigenvalue weighted by Crippen LogP contribution is -2.39. The number of β-amino-alcohol motifs (C(OH)–C–C–N with tert-alkyl or cyclic N) is 1. The highest BCUT2D eigenvalue weighted by Gasteiger charge is 2.15. The molecule has 0 amide bonds. The number of likely N-dealkylation sites (tertiary alicyclic amines) is 1. The fraction of sp³-hybridized carbons (Fsp3) is 0.421. The third kappa shape index (κ3) is 3.84. The molecule has 7 heteroatoms. The summed E-state index contributed by atoms with van der Waals surface area (Å²) < 4.78 is 1.73. The van der Waals surface area contributed by atoms with Gasteiger partial charge in [0.1, 0.15) is 5.82 Å². The first-order valence-corrected chi connectivity index (χ1v) is 9.22. The van der Waals surface area contributed by atoms with Crippen molar-refractivity contribution in [2.75, 3.05) is 31.5 Å². The molecule has 0 aliphatic carbocycles. The molecule has 1 aromatic carbocycles. The summed E-state index contributed by atoms with van der Waals surface area (Å²) in [6, 6.07) is 13.6. The largest absolute Gasteiger partial charge is 0.390 e. The summed E-state index contributed by atoms with van der Waals surface area (Å²) in [6.07, 6.45) is 3.35. The number of hydrogen-bond donors (Lipinski definition) is 2. The molecule has 1 saturated heterocycles. The van der Waals surface area contributed by atoms with Crippen molar-refractivity contribution in [3.63, 3.8) is 0 Å². The third-order valence-electron chi connectivity index (χ3n) is 4.73. The number of benzene rings is 1. The highest BCUT2D eigenvalue weighted by Crippen LogP contribution is 2.18. The average Bonchev–Trinajstić information content (AvgIpc) is 3.11. The van der Waals surface area contributed by atoms with Gasteiger partial charge in [-0.25, -0.2) is 0 Å². The second-order valence-corrected chi connectivity index (χ2v) is 6.77. The Morgan fingerprint density at radius 3 is 2.62 bits per heavy atom. The van der Waals surface area contributed by atoms with E-state index in [1.54, 1.807) is 4.52 Å². The Hall–Kier alpha value is -2.51. The number of hydrogen-bond acceptors (Lipinski definition) is 6. The van der Waals surface area contributed by atoms with Crippen LogP contribution in [0.15, 0.2) is 42.5 Å². The van der Waals surface area contributed by atoms with Crippen molar-refractivity contribution in [1.29, 1.82) is 0 Å². The van der Waals surface area contributed by atoms with Crippen molar-refractivity contribution < 1.29 is 5.11 Å². The Kier molecular flexibility index (Phi) is 5.08. The number of piperidine rings is 1. The molecule has 0 spiro atoms. The van der Waals surface area contributed by atoms with Gasteiger partial charge in [-0.2, -0.15) is 4.52 Å². The first kappa shape index (κ1) is 16.9. The van der Waals surface area contributed by atoms with Crippen LogP contribution < -0.4 is 5.32 Å². The second kappa shape index (κ2) is 7.80. The predicted molar refractivity (Wildman–Crippen MR) is 101 cm³/mol. The van der Waals surface area contributed by atoms with Gasteiger partial charge in [-0.1, -0.05) is 36.8 Å². The normalized spacial score (nSPS) is 16.7. The number of aliphatic hydroxyl groups is 1. The predicted octanol–water partition coefficient (Wildman–Crippen LogP) is 2.05. The van der Waals surface area contributed by atoms with E-state index in [0.717, 1.165) is 18.7 Å². The zero-order valence-corrected chi connectivity index (χ0v) is 14.8. The van der Waals surface area contributed by atoms with Gasteiger partial charge in [0.05, 0.1) is 6.10 Å². The van der Waals surface area contributed by atoms with Crippen molar-refractivity contribution in [3.05, 3.63) is 42.5 Å². The molecule has 7 nitrogen and oxygen atoms in total. The van der Waals surface area contributed by atoms with E-state index in [1.165, 1.54) is 19.3 Å². The van der Waals surface area contributed by atoms with Crippen LogP contribution in [0.5, 0.6) is 0 Å². The lowest BCUT2D eigenvalue weighted by atomic mass is 10.1. The Balaban J connectivity index is 1.43. The first-order chi connectivity index (χ1) is 12.8. The van der Waals surface area contributed by atoms with Gasteiger partial charge in [0.25, 0.3) is 0 Å². The summed E-state index contributed by atoms with van der Waals surface area (Å²) in [5, 5.41) is 26.5. The molecular weight excluding hydrogens is 328 g/mol. The van der Waals surface area contributed by atoms with Crippen LogP contribution in [0.3, 0.4) is 0 Å². The Morgan fingerprint density at radius 1 is 1.00 bits per heavy atom. The van der Waals surface area contributed by atoms with Gasteiger partial charge in [0.15, 0.2) is 11.5 Å². The Labute approximate surface area is 152 Å². The Bertz CT molecular complexity index is 844. The summed E-state index contributed by atoms with van der Waals surface area (Å²) in [5.41, 5.74) is 1.66. The number of anilines is 1. The minimum Gasteiger partial charge on any atom is -0.390 e. The summed E-state index contributed by atoms with van der Waals surface area (Å²) >= 11 is 0. The molecule has 2 N–H and O–H groups in total. The fourth-order valence-electron chi connectivity index (χ4n) is 3.38. The number of rotatable bonds is 6. The van der Waals surface area contributed by atoms with Crippen LogP contribution in [0.25, 0.3) is 17.0 Å². The van der Waals surface area contributed by atoms with Gasteiger partial charge in [-0.15, -0.1) is 15.3 Å². The van der Waals surface area contributed by atoms with Gasteiger partial charge in [-0.3, -0.25) is 0 Å². The minimum atomic E-state index is -0.417. The highest BCUT2D eigenvalue weighted by atomic mass is 16.3. The molecule has 0 saturated carbocycles. The van der Waals surface area contributed by atoms with Gasteiger partial charge >= 0.3 is 0 Å². The van der Waals surface area contributed by atoms with E-state index in [-0.39, 0.29) is 0 Å². The second-order valence-electron chi connectivity index (χ2n) is 6.77. The van der Waals surface area contributed by atoms with Crippen molar-refractivity contribution in [2.45, 2.75) is 25.4 Å². The summed E-state index contributed by atoms with van der Waals surface area (Å²) in [4.78, 5) is 2.33. The fourth-order valence-corrected chi connectivity index (χ4v) is 3.38. The average molecular weight is 352 g/mol. The summed E-state index contributed by atoms with van der Waals surface area (Å²) in [5.74, 6) is 1.41. The lowest BCUT2D eigenvalue weighted by Gasteiger charge is -2.28. The maximum absolute atomic E-state index is 10.3. The molecule has 1 atom stereocenters. The molecule has 3 aromatic rings. The lowest BCUT2D eigenvalue weighted by molar-refractivity contribution is 0.109. The molecule has 2 aromatic heterocycles.